The normalized spacial score (nSPS) is 38.6. The summed E-state index contributed by atoms with van der Waals surface area (Å²) in [6.45, 7) is 13.0. The monoisotopic (exact) mass is 237 g/mol. The highest BCUT2D eigenvalue weighted by Crippen LogP contribution is 2.59. The second-order valence-electron chi connectivity index (χ2n) is 7.73. The van der Waals surface area contributed by atoms with Gasteiger partial charge < -0.3 is 5.32 Å². The molecule has 0 amide bonds. The van der Waals surface area contributed by atoms with E-state index in [2.05, 4.69) is 39.9 Å². The van der Waals surface area contributed by atoms with Gasteiger partial charge in [0.2, 0.25) is 0 Å². The molecule has 2 aliphatic rings. The van der Waals surface area contributed by atoms with E-state index >= 15 is 0 Å². The van der Waals surface area contributed by atoms with Crippen LogP contribution in [0.15, 0.2) is 0 Å². The molecule has 100 valence electrons. The van der Waals surface area contributed by atoms with Crippen molar-refractivity contribution >= 4 is 0 Å². The van der Waals surface area contributed by atoms with Gasteiger partial charge in [0.15, 0.2) is 0 Å². The third kappa shape index (κ3) is 2.54. The average molecular weight is 237 g/mol. The lowest BCUT2D eigenvalue weighted by molar-refractivity contribution is 0.0718. The maximum Gasteiger partial charge on any atom is 0.00967 e. The van der Waals surface area contributed by atoms with Gasteiger partial charge in [-0.3, -0.25) is 0 Å². The summed E-state index contributed by atoms with van der Waals surface area (Å²) in [7, 11) is 0. The summed E-state index contributed by atoms with van der Waals surface area (Å²) in [5.74, 6) is 2.95. The van der Waals surface area contributed by atoms with E-state index in [4.69, 9.17) is 0 Å². The highest BCUT2D eigenvalue weighted by molar-refractivity contribution is 5.04. The van der Waals surface area contributed by atoms with Gasteiger partial charge in [0.1, 0.15) is 0 Å². The van der Waals surface area contributed by atoms with Crippen LogP contribution in [0.5, 0.6) is 0 Å². The Balaban J connectivity index is 2.09. The van der Waals surface area contributed by atoms with Crippen LogP contribution in [-0.4, -0.2) is 12.1 Å². The molecule has 0 aromatic heterocycles. The van der Waals surface area contributed by atoms with E-state index < -0.39 is 0 Å². The Hall–Kier alpha value is -0.0400. The maximum absolute atomic E-state index is 3.80. The molecule has 0 aliphatic heterocycles. The van der Waals surface area contributed by atoms with Crippen molar-refractivity contribution in [3.05, 3.63) is 0 Å². The molecule has 4 unspecified atom stereocenters. The smallest absolute Gasteiger partial charge is 0.00967 e. The highest BCUT2D eigenvalue weighted by atomic mass is 15.0. The Labute approximate surface area is 108 Å². The van der Waals surface area contributed by atoms with Crippen molar-refractivity contribution in [3.8, 4) is 0 Å². The van der Waals surface area contributed by atoms with E-state index in [0.717, 1.165) is 17.8 Å². The predicted octanol–water partition coefficient (Wildman–Crippen LogP) is 4.23. The van der Waals surface area contributed by atoms with Crippen molar-refractivity contribution in [3.63, 3.8) is 0 Å². The van der Waals surface area contributed by atoms with Gasteiger partial charge in [0, 0.05) is 12.1 Å². The van der Waals surface area contributed by atoms with E-state index in [1.807, 2.05) is 0 Å². The number of rotatable bonds is 4. The molecule has 0 spiro atoms. The Morgan fingerprint density at radius 2 is 2.00 bits per heavy atom. The number of hydrogen-bond acceptors (Lipinski definition) is 1. The van der Waals surface area contributed by atoms with Gasteiger partial charge in [0.25, 0.3) is 0 Å². The molecular weight excluding hydrogens is 206 g/mol. The number of nitrogens with one attached hydrogen (secondary N) is 1. The molecule has 2 aliphatic carbocycles. The summed E-state index contributed by atoms with van der Waals surface area (Å²) in [6, 6.07) is 0. The zero-order valence-corrected chi connectivity index (χ0v) is 12.5. The number of hydrogen-bond donors (Lipinski definition) is 1. The minimum absolute atomic E-state index is 0.266. The molecule has 1 nitrogen and oxygen atoms in total. The van der Waals surface area contributed by atoms with Gasteiger partial charge in [-0.05, 0) is 63.2 Å². The lowest BCUT2D eigenvalue weighted by atomic mass is 9.64. The maximum atomic E-state index is 3.80. The fourth-order valence-corrected chi connectivity index (χ4v) is 4.32. The summed E-state index contributed by atoms with van der Waals surface area (Å²) in [5, 5.41) is 3.80. The molecule has 17 heavy (non-hydrogen) atoms. The van der Waals surface area contributed by atoms with Gasteiger partial charge in [-0.15, -0.1) is 0 Å². The molecule has 0 radical (unpaired) electrons. The lowest BCUT2D eigenvalue weighted by Gasteiger charge is -2.44. The first-order chi connectivity index (χ1) is 7.87. The molecule has 1 heteroatoms. The van der Waals surface area contributed by atoms with E-state index in [0.29, 0.717) is 5.41 Å². The standard InChI is InChI=1S/C16H31N/c1-6-12(2)16(11-17-15(3,4)5)10-13-7-8-14(16)9-13/h12-14,17H,6-11H2,1-5H3. The van der Waals surface area contributed by atoms with Gasteiger partial charge in [-0.2, -0.15) is 0 Å². The summed E-state index contributed by atoms with van der Waals surface area (Å²) in [5.41, 5.74) is 0.882. The Morgan fingerprint density at radius 1 is 1.29 bits per heavy atom. The molecule has 0 aromatic rings. The minimum atomic E-state index is 0.266. The topological polar surface area (TPSA) is 12.0 Å². The fourth-order valence-electron chi connectivity index (χ4n) is 4.32. The van der Waals surface area contributed by atoms with Crippen molar-refractivity contribution in [2.75, 3.05) is 6.54 Å². The van der Waals surface area contributed by atoms with E-state index in [1.54, 1.807) is 0 Å². The third-order valence-electron chi connectivity index (χ3n) is 5.56. The van der Waals surface area contributed by atoms with Crippen LogP contribution in [-0.2, 0) is 0 Å². The first-order valence-corrected chi connectivity index (χ1v) is 7.62. The molecule has 2 saturated carbocycles. The van der Waals surface area contributed by atoms with Gasteiger partial charge >= 0.3 is 0 Å². The first-order valence-electron chi connectivity index (χ1n) is 7.62. The summed E-state index contributed by atoms with van der Waals surface area (Å²) in [4.78, 5) is 0. The molecule has 2 fully saturated rings. The van der Waals surface area contributed by atoms with Gasteiger partial charge in [0.05, 0.1) is 0 Å². The van der Waals surface area contributed by atoms with Crippen LogP contribution in [0, 0.1) is 23.2 Å². The predicted molar refractivity (Wildman–Crippen MR) is 75.1 cm³/mol. The van der Waals surface area contributed by atoms with Crippen molar-refractivity contribution in [2.24, 2.45) is 23.2 Å². The van der Waals surface area contributed by atoms with Crippen LogP contribution in [0.2, 0.25) is 0 Å². The Kier molecular flexibility index (Phi) is 3.60. The van der Waals surface area contributed by atoms with Crippen molar-refractivity contribution < 1.29 is 0 Å². The molecule has 0 heterocycles. The van der Waals surface area contributed by atoms with E-state index in [1.165, 1.54) is 38.6 Å². The van der Waals surface area contributed by atoms with Crippen LogP contribution in [0.3, 0.4) is 0 Å². The van der Waals surface area contributed by atoms with Crippen molar-refractivity contribution in [1.29, 1.82) is 0 Å². The quantitative estimate of drug-likeness (QED) is 0.771. The molecule has 2 rings (SSSR count). The van der Waals surface area contributed by atoms with Crippen LogP contribution in [0.1, 0.15) is 66.7 Å². The second kappa shape index (κ2) is 4.57. The zero-order valence-electron chi connectivity index (χ0n) is 12.5. The zero-order chi connectivity index (χ0) is 12.7. The van der Waals surface area contributed by atoms with Crippen LogP contribution in [0.25, 0.3) is 0 Å². The van der Waals surface area contributed by atoms with Gasteiger partial charge in [-0.1, -0.05) is 26.7 Å². The Morgan fingerprint density at radius 3 is 2.41 bits per heavy atom. The van der Waals surface area contributed by atoms with Crippen molar-refractivity contribution in [2.45, 2.75) is 72.3 Å². The van der Waals surface area contributed by atoms with Crippen LogP contribution >= 0.6 is 0 Å². The third-order valence-corrected chi connectivity index (χ3v) is 5.56. The summed E-state index contributed by atoms with van der Waals surface area (Å²) >= 11 is 0. The Bertz CT molecular complexity index is 265. The SMILES string of the molecule is CCC(C)C1(CNC(C)(C)C)CC2CCC1C2. The van der Waals surface area contributed by atoms with E-state index in [9.17, 15) is 0 Å². The molecule has 1 N–H and O–H groups in total. The van der Waals surface area contributed by atoms with Crippen molar-refractivity contribution in [1.82, 2.24) is 5.32 Å². The summed E-state index contributed by atoms with van der Waals surface area (Å²) in [6.07, 6.45) is 7.38. The lowest BCUT2D eigenvalue weighted by Crippen LogP contribution is -2.49. The number of fused-ring (bicyclic) bond motifs is 2. The molecular formula is C16H31N. The van der Waals surface area contributed by atoms with E-state index in [-0.39, 0.29) is 5.54 Å². The molecule has 0 saturated heterocycles. The molecule has 4 atom stereocenters. The average Bonchev–Trinajstić information content (AvgIpc) is 2.84. The second-order valence-corrected chi connectivity index (χ2v) is 7.73. The minimum Gasteiger partial charge on any atom is -0.311 e. The van der Waals surface area contributed by atoms with Gasteiger partial charge in [-0.25, -0.2) is 0 Å². The largest absolute Gasteiger partial charge is 0.311 e. The highest BCUT2D eigenvalue weighted by Gasteiger charge is 2.52. The fraction of sp³-hybridized carbons (Fsp3) is 1.00. The summed E-state index contributed by atoms with van der Waals surface area (Å²) < 4.78 is 0. The molecule has 0 aromatic carbocycles. The van der Waals surface area contributed by atoms with Crippen LogP contribution in [0.4, 0.5) is 0 Å². The first kappa shape index (κ1) is 13.4. The molecule has 2 bridgehead atoms. The van der Waals surface area contributed by atoms with Crippen LogP contribution < -0.4 is 5.32 Å².